The quantitative estimate of drug-likeness (QED) is 0.608. The number of hydrogen-bond acceptors (Lipinski definition) is 4. The zero-order valence-corrected chi connectivity index (χ0v) is 16.9. The van der Waals surface area contributed by atoms with Gasteiger partial charge in [-0.05, 0) is 24.0 Å². The summed E-state index contributed by atoms with van der Waals surface area (Å²) in [6.45, 7) is 4.31. The standard InChI is InChI=1S/C23H25NO4/c1-14(2)10-15-6-8-16(9-7-15)22(25)19-13-18-20(24(3)23(19)26)11-17(27-4)12-21(18)28-5/h6-9,11-14H,10H2,1-5H3. The number of fused-ring (bicyclic) bond motifs is 1. The minimum atomic E-state index is -0.348. The van der Waals surface area contributed by atoms with Crippen LogP contribution >= 0.6 is 0 Å². The first-order chi connectivity index (χ1) is 13.3. The molecule has 0 unspecified atom stereocenters. The molecule has 0 aliphatic carbocycles. The predicted molar refractivity (Wildman–Crippen MR) is 111 cm³/mol. The normalized spacial score (nSPS) is 11.1. The zero-order valence-electron chi connectivity index (χ0n) is 16.9. The summed E-state index contributed by atoms with van der Waals surface area (Å²) < 4.78 is 12.2. The Bertz CT molecular complexity index is 1080. The molecule has 0 aliphatic heterocycles. The van der Waals surface area contributed by atoms with Crippen LogP contribution in [0.3, 0.4) is 0 Å². The number of aromatic nitrogens is 1. The van der Waals surface area contributed by atoms with Crippen molar-refractivity contribution in [2.24, 2.45) is 13.0 Å². The molecule has 3 rings (SSSR count). The second-order valence-corrected chi connectivity index (χ2v) is 7.31. The molecular formula is C23H25NO4. The van der Waals surface area contributed by atoms with Crippen molar-refractivity contribution in [3.8, 4) is 11.5 Å². The minimum Gasteiger partial charge on any atom is -0.497 e. The number of benzene rings is 2. The lowest BCUT2D eigenvalue weighted by molar-refractivity contribution is 0.103. The number of methoxy groups -OCH3 is 2. The number of nitrogens with zero attached hydrogens (tertiary/aromatic N) is 1. The van der Waals surface area contributed by atoms with Crippen molar-refractivity contribution in [1.82, 2.24) is 4.57 Å². The van der Waals surface area contributed by atoms with Crippen molar-refractivity contribution in [3.63, 3.8) is 0 Å². The average molecular weight is 379 g/mol. The number of carbonyl (C=O) groups excluding carboxylic acids is 1. The second-order valence-electron chi connectivity index (χ2n) is 7.31. The number of ether oxygens (including phenoxy) is 2. The lowest BCUT2D eigenvalue weighted by Gasteiger charge is -2.13. The van der Waals surface area contributed by atoms with Crippen LogP contribution in [0.5, 0.6) is 11.5 Å². The van der Waals surface area contributed by atoms with Gasteiger partial charge in [0.15, 0.2) is 5.78 Å². The molecular weight excluding hydrogens is 354 g/mol. The van der Waals surface area contributed by atoms with Gasteiger partial charge < -0.3 is 14.0 Å². The molecule has 0 fully saturated rings. The fourth-order valence-electron chi connectivity index (χ4n) is 3.37. The molecule has 1 heterocycles. The summed E-state index contributed by atoms with van der Waals surface area (Å²) in [7, 11) is 4.75. The van der Waals surface area contributed by atoms with Crippen molar-refractivity contribution in [3.05, 3.63) is 69.5 Å². The number of ketones is 1. The van der Waals surface area contributed by atoms with Gasteiger partial charge in [-0.25, -0.2) is 0 Å². The van der Waals surface area contributed by atoms with E-state index in [0.29, 0.717) is 33.9 Å². The highest BCUT2D eigenvalue weighted by Crippen LogP contribution is 2.31. The number of pyridine rings is 1. The molecule has 5 heteroatoms. The van der Waals surface area contributed by atoms with Gasteiger partial charge >= 0.3 is 0 Å². The summed E-state index contributed by atoms with van der Waals surface area (Å²) in [4.78, 5) is 25.9. The molecule has 0 atom stereocenters. The summed E-state index contributed by atoms with van der Waals surface area (Å²) in [5, 5.41) is 0.685. The highest BCUT2D eigenvalue weighted by molar-refractivity contribution is 6.10. The third-order valence-electron chi connectivity index (χ3n) is 4.84. The van der Waals surface area contributed by atoms with E-state index in [-0.39, 0.29) is 16.9 Å². The van der Waals surface area contributed by atoms with Crippen LogP contribution < -0.4 is 15.0 Å². The van der Waals surface area contributed by atoms with Gasteiger partial charge in [0, 0.05) is 30.1 Å². The Kier molecular flexibility index (Phi) is 5.54. The number of carbonyl (C=O) groups is 1. The SMILES string of the molecule is COc1cc(OC)c2cc(C(=O)c3ccc(CC(C)C)cc3)c(=O)n(C)c2c1. The third-order valence-corrected chi connectivity index (χ3v) is 4.84. The van der Waals surface area contributed by atoms with E-state index in [9.17, 15) is 9.59 Å². The molecule has 0 saturated heterocycles. The first kappa shape index (κ1) is 19.7. The van der Waals surface area contributed by atoms with Gasteiger partial charge in [0.1, 0.15) is 11.5 Å². The number of hydrogen-bond donors (Lipinski definition) is 0. The third kappa shape index (κ3) is 3.65. The van der Waals surface area contributed by atoms with E-state index >= 15 is 0 Å². The highest BCUT2D eigenvalue weighted by Gasteiger charge is 2.18. The summed E-state index contributed by atoms with van der Waals surface area (Å²) in [5.74, 6) is 1.38. The maximum atomic E-state index is 13.0. The van der Waals surface area contributed by atoms with Crippen LogP contribution in [0.4, 0.5) is 0 Å². The lowest BCUT2D eigenvalue weighted by Crippen LogP contribution is -2.25. The van der Waals surface area contributed by atoms with Crippen molar-refractivity contribution in [2.45, 2.75) is 20.3 Å². The van der Waals surface area contributed by atoms with Crippen molar-refractivity contribution >= 4 is 16.7 Å². The zero-order chi connectivity index (χ0) is 20.4. The maximum Gasteiger partial charge on any atom is 0.262 e. The average Bonchev–Trinajstić information content (AvgIpc) is 2.69. The van der Waals surface area contributed by atoms with Crippen molar-refractivity contribution in [2.75, 3.05) is 14.2 Å². The molecule has 3 aromatic rings. The molecule has 0 spiro atoms. The first-order valence-corrected chi connectivity index (χ1v) is 9.25. The molecule has 1 aromatic heterocycles. The monoisotopic (exact) mass is 379 g/mol. The number of aryl methyl sites for hydroxylation is 1. The van der Waals surface area contributed by atoms with E-state index < -0.39 is 0 Å². The maximum absolute atomic E-state index is 13.0. The van der Waals surface area contributed by atoms with Crippen LogP contribution in [-0.4, -0.2) is 24.6 Å². The van der Waals surface area contributed by atoms with Crippen molar-refractivity contribution in [1.29, 1.82) is 0 Å². The topological polar surface area (TPSA) is 57.5 Å². The largest absolute Gasteiger partial charge is 0.497 e. The minimum absolute atomic E-state index is 0.120. The van der Waals surface area contributed by atoms with Gasteiger partial charge in [-0.15, -0.1) is 0 Å². The van der Waals surface area contributed by atoms with Crippen LogP contribution in [0.25, 0.3) is 10.9 Å². The first-order valence-electron chi connectivity index (χ1n) is 9.25. The Balaban J connectivity index is 2.11. The number of rotatable bonds is 6. The fraction of sp³-hybridized carbons (Fsp3) is 0.304. The van der Waals surface area contributed by atoms with Crippen LogP contribution in [0, 0.1) is 5.92 Å². The predicted octanol–water partition coefficient (Wildman–Crippen LogP) is 3.99. The molecule has 5 nitrogen and oxygen atoms in total. The molecule has 0 aliphatic rings. The molecule has 2 aromatic carbocycles. The molecule has 0 N–H and O–H groups in total. The lowest BCUT2D eigenvalue weighted by atomic mass is 9.98. The Morgan fingerprint density at radius 2 is 1.71 bits per heavy atom. The molecule has 0 radical (unpaired) electrons. The Labute approximate surface area is 164 Å². The van der Waals surface area contributed by atoms with Gasteiger partial charge in [-0.2, -0.15) is 0 Å². The summed E-state index contributed by atoms with van der Waals surface area (Å²) in [6, 6.07) is 12.6. The van der Waals surface area contributed by atoms with Crippen LogP contribution in [0.15, 0.2) is 47.3 Å². The Hall–Kier alpha value is -3.08. The Morgan fingerprint density at radius 1 is 1.04 bits per heavy atom. The van der Waals surface area contributed by atoms with Gasteiger partial charge in [-0.3, -0.25) is 9.59 Å². The summed E-state index contributed by atoms with van der Waals surface area (Å²) >= 11 is 0. The van der Waals surface area contributed by atoms with E-state index in [4.69, 9.17) is 9.47 Å². The molecule has 146 valence electrons. The van der Waals surface area contributed by atoms with E-state index in [0.717, 1.165) is 6.42 Å². The highest BCUT2D eigenvalue weighted by atomic mass is 16.5. The van der Waals surface area contributed by atoms with E-state index in [1.165, 1.54) is 10.1 Å². The van der Waals surface area contributed by atoms with E-state index in [2.05, 4.69) is 13.8 Å². The van der Waals surface area contributed by atoms with E-state index in [1.807, 2.05) is 12.1 Å². The Morgan fingerprint density at radius 3 is 2.29 bits per heavy atom. The molecule has 0 amide bonds. The van der Waals surface area contributed by atoms with Gasteiger partial charge in [-0.1, -0.05) is 38.1 Å². The molecule has 0 saturated carbocycles. The smallest absolute Gasteiger partial charge is 0.262 e. The second kappa shape index (κ2) is 7.89. The fourth-order valence-corrected chi connectivity index (χ4v) is 3.37. The summed E-state index contributed by atoms with van der Waals surface area (Å²) in [5.41, 5.74) is 2.09. The van der Waals surface area contributed by atoms with Crippen LogP contribution in [0.2, 0.25) is 0 Å². The van der Waals surface area contributed by atoms with Crippen molar-refractivity contribution < 1.29 is 14.3 Å². The molecule has 0 bridgehead atoms. The molecule has 28 heavy (non-hydrogen) atoms. The van der Waals surface area contributed by atoms with Gasteiger partial charge in [0.25, 0.3) is 5.56 Å². The van der Waals surface area contributed by atoms with Crippen LogP contribution in [0.1, 0.15) is 35.3 Å². The van der Waals surface area contributed by atoms with Gasteiger partial charge in [0.05, 0.1) is 25.3 Å². The summed E-state index contributed by atoms with van der Waals surface area (Å²) in [6.07, 6.45) is 0.950. The van der Waals surface area contributed by atoms with Crippen LogP contribution in [-0.2, 0) is 13.5 Å². The van der Waals surface area contributed by atoms with Gasteiger partial charge in [0.2, 0.25) is 0 Å². The van der Waals surface area contributed by atoms with E-state index in [1.54, 1.807) is 51.6 Å².